The number of thioether (sulfide) groups is 1. The summed E-state index contributed by atoms with van der Waals surface area (Å²) in [5, 5.41) is 0. The zero-order valence-corrected chi connectivity index (χ0v) is 12.4. The van der Waals surface area contributed by atoms with Crippen molar-refractivity contribution >= 4 is 11.8 Å². The quantitative estimate of drug-likeness (QED) is 0.589. The minimum Gasteiger partial charge on any atom is -0.157 e. The van der Waals surface area contributed by atoms with E-state index in [2.05, 4.69) is 46.4 Å². The number of rotatable bonds is 2. The van der Waals surface area contributed by atoms with Crippen molar-refractivity contribution in [1.29, 1.82) is 0 Å². The van der Waals surface area contributed by atoms with Gasteiger partial charge in [-0.25, -0.2) is 0 Å². The summed E-state index contributed by atoms with van der Waals surface area (Å²) in [4.78, 5) is 0. The Morgan fingerprint density at radius 3 is 2.13 bits per heavy atom. The Morgan fingerprint density at radius 2 is 1.80 bits per heavy atom. The van der Waals surface area contributed by atoms with Gasteiger partial charge in [0.15, 0.2) is 0 Å². The minimum absolute atomic E-state index is 0.433. The maximum atomic E-state index is 2.39. The number of hydrogen-bond donors (Lipinski definition) is 0. The molecule has 0 atom stereocenters. The molecule has 1 rings (SSSR count). The average Bonchev–Trinajstić information content (AvgIpc) is 2.18. The van der Waals surface area contributed by atoms with Crippen molar-refractivity contribution in [3.05, 3.63) is 11.1 Å². The van der Waals surface area contributed by atoms with Crippen LogP contribution in [0.5, 0.6) is 0 Å². The van der Waals surface area contributed by atoms with Crippen LogP contribution in [0.1, 0.15) is 54.9 Å². The lowest BCUT2D eigenvalue weighted by Crippen LogP contribution is -2.27. The summed E-state index contributed by atoms with van der Waals surface area (Å²) in [6, 6.07) is 0. The Kier molecular flexibility index (Phi) is 6.66. The van der Waals surface area contributed by atoms with Gasteiger partial charge in [-0.05, 0) is 17.8 Å². The highest BCUT2D eigenvalue weighted by molar-refractivity contribution is 7.99. The van der Waals surface area contributed by atoms with Crippen molar-refractivity contribution in [3.63, 3.8) is 0 Å². The molecule has 1 aliphatic rings. The zero-order valence-electron chi connectivity index (χ0n) is 11.6. The Balaban J connectivity index is 0.000000921. The minimum atomic E-state index is 0.433. The summed E-state index contributed by atoms with van der Waals surface area (Å²) in [6.45, 7) is 15.7. The first-order valence-electron chi connectivity index (χ1n) is 6.29. The topological polar surface area (TPSA) is 0 Å². The maximum absolute atomic E-state index is 2.39. The van der Waals surface area contributed by atoms with Crippen molar-refractivity contribution < 1.29 is 0 Å². The van der Waals surface area contributed by atoms with Gasteiger partial charge in [0.1, 0.15) is 0 Å². The third-order valence-corrected chi connectivity index (χ3v) is 4.33. The molecule has 0 aromatic rings. The first kappa shape index (κ1) is 15.1. The summed E-state index contributed by atoms with van der Waals surface area (Å²) in [6.07, 6.45) is 1.24. The van der Waals surface area contributed by atoms with Gasteiger partial charge < -0.3 is 0 Å². The van der Waals surface area contributed by atoms with Crippen LogP contribution >= 0.6 is 11.8 Å². The highest BCUT2D eigenvalue weighted by Crippen LogP contribution is 2.42. The van der Waals surface area contributed by atoms with E-state index in [9.17, 15) is 0 Å². The lowest BCUT2D eigenvalue weighted by Gasteiger charge is -2.37. The Bertz CT molecular complexity index is 211. The zero-order chi connectivity index (χ0) is 12.1. The van der Waals surface area contributed by atoms with Crippen LogP contribution in [0.2, 0.25) is 0 Å². The molecule has 90 valence electrons. The molecule has 0 aromatic carbocycles. The van der Waals surface area contributed by atoms with Crippen LogP contribution in [0.3, 0.4) is 0 Å². The molecule has 0 N–H and O–H groups in total. The van der Waals surface area contributed by atoms with Gasteiger partial charge in [0, 0.05) is 11.5 Å². The molecule has 0 spiro atoms. The molecule has 1 heterocycles. The van der Waals surface area contributed by atoms with E-state index >= 15 is 0 Å². The second kappa shape index (κ2) is 6.62. The van der Waals surface area contributed by atoms with E-state index in [1.165, 1.54) is 17.9 Å². The molecule has 0 radical (unpaired) electrons. The smallest absolute Gasteiger partial charge is 0.0146 e. The molecule has 1 heteroatoms. The van der Waals surface area contributed by atoms with Gasteiger partial charge in [-0.1, -0.05) is 59.6 Å². The normalized spacial score (nSPS) is 20.0. The van der Waals surface area contributed by atoms with E-state index in [-0.39, 0.29) is 0 Å². The second-order valence-electron chi connectivity index (χ2n) is 4.90. The van der Waals surface area contributed by atoms with E-state index in [1.54, 1.807) is 11.1 Å². The van der Waals surface area contributed by atoms with Gasteiger partial charge in [-0.2, -0.15) is 11.8 Å². The van der Waals surface area contributed by atoms with Crippen LogP contribution in [0.25, 0.3) is 0 Å². The van der Waals surface area contributed by atoms with Gasteiger partial charge in [0.2, 0.25) is 0 Å². The van der Waals surface area contributed by atoms with Gasteiger partial charge in [-0.3, -0.25) is 0 Å². The van der Waals surface area contributed by atoms with E-state index < -0.39 is 0 Å². The van der Waals surface area contributed by atoms with Gasteiger partial charge >= 0.3 is 0 Å². The molecule has 0 saturated carbocycles. The Hall–Kier alpha value is 0.0900. The average molecular weight is 228 g/mol. The molecule has 0 amide bonds. The van der Waals surface area contributed by atoms with Gasteiger partial charge in [-0.15, -0.1) is 0 Å². The fourth-order valence-corrected chi connectivity index (χ4v) is 3.92. The largest absolute Gasteiger partial charge is 0.157 e. The fraction of sp³-hybridized carbons (Fsp3) is 0.857. The van der Waals surface area contributed by atoms with Crippen LogP contribution in [0, 0.1) is 11.3 Å². The van der Waals surface area contributed by atoms with Crippen molar-refractivity contribution in [2.75, 3.05) is 11.5 Å². The Labute approximate surface area is 101 Å². The molecule has 0 bridgehead atoms. The predicted octanol–water partition coefficient (Wildman–Crippen LogP) is 5.15. The first-order chi connectivity index (χ1) is 6.99. The Morgan fingerprint density at radius 1 is 1.27 bits per heavy atom. The fourth-order valence-electron chi connectivity index (χ4n) is 2.55. The summed E-state index contributed by atoms with van der Waals surface area (Å²) in [7, 11) is 0. The lowest BCUT2D eigenvalue weighted by molar-refractivity contribution is 0.444. The van der Waals surface area contributed by atoms with Crippen molar-refractivity contribution in [2.45, 2.75) is 54.9 Å². The van der Waals surface area contributed by atoms with E-state index in [0.717, 1.165) is 5.92 Å². The third kappa shape index (κ3) is 3.86. The summed E-state index contributed by atoms with van der Waals surface area (Å²) in [5.74, 6) is 3.29. The number of hydrogen-bond acceptors (Lipinski definition) is 1. The maximum Gasteiger partial charge on any atom is 0.0146 e. The number of allylic oxidation sites excluding steroid dienone is 1. The van der Waals surface area contributed by atoms with Crippen molar-refractivity contribution in [2.24, 2.45) is 11.3 Å². The summed E-state index contributed by atoms with van der Waals surface area (Å²) in [5.41, 5.74) is 3.87. The van der Waals surface area contributed by atoms with Crippen LogP contribution in [-0.4, -0.2) is 11.5 Å². The summed E-state index contributed by atoms with van der Waals surface area (Å²) < 4.78 is 0. The molecule has 1 aliphatic heterocycles. The highest BCUT2D eigenvalue weighted by atomic mass is 32.2. The van der Waals surface area contributed by atoms with E-state index in [1.807, 2.05) is 13.8 Å². The lowest BCUT2D eigenvalue weighted by atomic mass is 9.76. The molecular weight excluding hydrogens is 200 g/mol. The SMILES string of the molecule is CC.CCC1=C(C(C)C)C(C)(C)CSC1. The van der Waals surface area contributed by atoms with Crippen molar-refractivity contribution in [3.8, 4) is 0 Å². The molecule has 0 unspecified atom stereocenters. The molecular formula is C14H28S. The van der Waals surface area contributed by atoms with Crippen LogP contribution in [-0.2, 0) is 0 Å². The molecule has 0 fully saturated rings. The monoisotopic (exact) mass is 228 g/mol. The second-order valence-corrected chi connectivity index (χ2v) is 5.89. The predicted molar refractivity (Wildman–Crippen MR) is 74.6 cm³/mol. The molecule has 0 aliphatic carbocycles. The van der Waals surface area contributed by atoms with Gasteiger partial charge in [0.05, 0.1) is 0 Å². The molecule has 0 saturated heterocycles. The van der Waals surface area contributed by atoms with Crippen LogP contribution < -0.4 is 0 Å². The standard InChI is InChI=1S/C12H22S.C2H6/c1-6-10-7-13-8-12(4,5)11(10)9(2)3;1-2/h9H,6-8H2,1-5H3;1-2H3. The van der Waals surface area contributed by atoms with Crippen LogP contribution in [0.15, 0.2) is 11.1 Å². The molecule has 15 heavy (non-hydrogen) atoms. The molecule has 0 nitrogen and oxygen atoms in total. The third-order valence-electron chi connectivity index (χ3n) is 2.85. The van der Waals surface area contributed by atoms with Gasteiger partial charge in [0.25, 0.3) is 0 Å². The summed E-state index contributed by atoms with van der Waals surface area (Å²) >= 11 is 2.10. The highest BCUT2D eigenvalue weighted by Gasteiger charge is 2.30. The van der Waals surface area contributed by atoms with Crippen LogP contribution in [0.4, 0.5) is 0 Å². The van der Waals surface area contributed by atoms with E-state index in [4.69, 9.17) is 0 Å². The van der Waals surface area contributed by atoms with Crippen molar-refractivity contribution in [1.82, 2.24) is 0 Å². The molecule has 0 aromatic heterocycles. The van der Waals surface area contributed by atoms with E-state index in [0.29, 0.717) is 5.41 Å². The first-order valence-corrected chi connectivity index (χ1v) is 7.44.